The lowest BCUT2D eigenvalue weighted by Crippen LogP contribution is -2.52. The van der Waals surface area contributed by atoms with Crippen LogP contribution in [-0.4, -0.2) is 60.9 Å². The van der Waals surface area contributed by atoms with Crippen LogP contribution in [0.5, 0.6) is 0 Å². The molecule has 0 bridgehead atoms. The Morgan fingerprint density at radius 1 is 1.06 bits per heavy atom. The van der Waals surface area contributed by atoms with Gasteiger partial charge < -0.3 is 15.5 Å². The lowest BCUT2D eigenvalue weighted by molar-refractivity contribution is -0.132. The Hall–Kier alpha value is -2.22. The lowest BCUT2D eigenvalue weighted by atomic mass is 10.0. The number of thiophene rings is 1. The maximum atomic E-state index is 12.7. The maximum Gasteiger partial charge on any atom is 0.238 e. The molecule has 7 heteroatoms. The molecule has 6 nitrogen and oxygen atoms in total. The summed E-state index contributed by atoms with van der Waals surface area (Å²) >= 11 is 1.72. The zero-order valence-electron chi connectivity index (χ0n) is 18.8. The number of nitrogens with zero attached hydrogens (tertiary/aromatic N) is 2. The Labute approximate surface area is 189 Å². The number of anilines is 1. The first-order valence-electron chi connectivity index (χ1n) is 11.1. The van der Waals surface area contributed by atoms with Gasteiger partial charge in [0.2, 0.25) is 11.8 Å². The van der Waals surface area contributed by atoms with E-state index in [2.05, 4.69) is 53.8 Å². The number of hydrogen-bond donors (Lipinski definition) is 2. The second kappa shape index (κ2) is 11.4. The standard InChI is InChI=1S/C24H34N4O2S/c1-4-19-8-5-6-9-20(19)26-22(29)17-27-11-13-28(14-12-27)23(30)16-25-24(18(2)3)21-10-7-15-31-21/h5-10,15,18,24-25H,4,11-14,16-17H2,1-3H3,(H,26,29). The first kappa shape index (κ1) is 23.4. The summed E-state index contributed by atoms with van der Waals surface area (Å²) in [5.74, 6) is 0.542. The van der Waals surface area contributed by atoms with Crippen LogP contribution in [0.4, 0.5) is 5.69 Å². The monoisotopic (exact) mass is 442 g/mol. The molecule has 2 heterocycles. The van der Waals surface area contributed by atoms with Crippen LogP contribution in [0.3, 0.4) is 0 Å². The first-order chi connectivity index (χ1) is 15.0. The summed E-state index contributed by atoms with van der Waals surface area (Å²) in [6, 6.07) is 12.3. The summed E-state index contributed by atoms with van der Waals surface area (Å²) in [6.07, 6.45) is 0.884. The van der Waals surface area contributed by atoms with Crippen LogP contribution in [0.25, 0.3) is 0 Å². The van der Waals surface area contributed by atoms with E-state index in [0.29, 0.717) is 45.2 Å². The SMILES string of the molecule is CCc1ccccc1NC(=O)CN1CCN(C(=O)CNC(c2cccs2)C(C)C)CC1. The molecule has 3 rings (SSSR count). The van der Waals surface area contributed by atoms with Gasteiger partial charge in [0.1, 0.15) is 0 Å². The number of nitrogens with one attached hydrogen (secondary N) is 2. The lowest BCUT2D eigenvalue weighted by Gasteiger charge is -2.35. The maximum absolute atomic E-state index is 12.7. The zero-order valence-corrected chi connectivity index (χ0v) is 19.6. The summed E-state index contributed by atoms with van der Waals surface area (Å²) in [7, 11) is 0. The van der Waals surface area contributed by atoms with Gasteiger partial charge in [-0.3, -0.25) is 14.5 Å². The molecule has 0 spiro atoms. The van der Waals surface area contributed by atoms with Crippen LogP contribution in [-0.2, 0) is 16.0 Å². The topological polar surface area (TPSA) is 64.7 Å². The highest BCUT2D eigenvalue weighted by atomic mass is 32.1. The number of benzene rings is 1. The molecule has 2 amide bonds. The van der Waals surface area contributed by atoms with E-state index in [4.69, 9.17) is 0 Å². The third-order valence-electron chi connectivity index (χ3n) is 5.75. The molecule has 1 saturated heterocycles. The summed E-state index contributed by atoms with van der Waals surface area (Å²) < 4.78 is 0. The fourth-order valence-electron chi connectivity index (χ4n) is 3.94. The Morgan fingerprint density at radius 2 is 1.81 bits per heavy atom. The average molecular weight is 443 g/mol. The van der Waals surface area contributed by atoms with Crippen molar-refractivity contribution in [2.45, 2.75) is 33.2 Å². The van der Waals surface area contributed by atoms with Gasteiger partial charge in [-0.2, -0.15) is 0 Å². The van der Waals surface area contributed by atoms with Crippen molar-refractivity contribution in [2.75, 3.05) is 44.6 Å². The summed E-state index contributed by atoms with van der Waals surface area (Å²) in [5.41, 5.74) is 2.03. The van der Waals surface area contributed by atoms with Crippen molar-refractivity contribution in [3.05, 3.63) is 52.2 Å². The van der Waals surface area contributed by atoms with Crippen molar-refractivity contribution in [2.24, 2.45) is 5.92 Å². The van der Waals surface area contributed by atoms with Crippen LogP contribution in [0.1, 0.15) is 37.3 Å². The molecule has 1 fully saturated rings. The molecule has 0 radical (unpaired) electrons. The first-order valence-corrected chi connectivity index (χ1v) is 12.0. The average Bonchev–Trinajstić information content (AvgIpc) is 3.29. The molecule has 1 atom stereocenters. The van der Waals surface area contributed by atoms with E-state index in [9.17, 15) is 9.59 Å². The van der Waals surface area contributed by atoms with Gasteiger partial charge in [-0.1, -0.05) is 45.0 Å². The Balaban J connectivity index is 1.42. The van der Waals surface area contributed by atoms with E-state index < -0.39 is 0 Å². The molecule has 1 aliphatic heterocycles. The molecular formula is C24H34N4O2S. The summed E-state index contributed by atoms with van der Waals surface area (Å²) in [5, 5.41) is 8.54. The van der Waals surface area contributed by atoms with Gasteiger partial charge in [0.15, 0.2) is 0 Å². The van der Waals surface area contributed by atoms with Gasteiger partial charge in [-0.15, -0.1) is 11.3 Å². The third kappa shape index (κ3) is 6.63. The number of carbonyl (C=O) groups is 2. The van der Waals surface area contributed by atoms with Crippen LogP contribution < -0.4 is 10.6 Å². The van der Waals surface area contributed by atoms with Crippen LogP contribution >= 0.6 is 11.3 Å². The number of carbonyl (C=O) groups excluding carboxylic acids is 2. The molecule has 0 aliphatic carbocycles. The number of piperazine rings is 1. The Kier molecular flexibility index (Phi) is 8.63. The predicted octanol–water partition coefficient (Wildman–Crippen LogP) is 3.38. The predicted molar refractivity (Wildman–Crippen MR) is 127 cm³/mol. The minimum Gasteiger partial charge on any atom is -0.339 e. The van der Waals surface area contributed by atoms with Gasteiger partial charge in [-0.25, -0.2) is 0 Å². The fraction of sp³-hybridized carbons (Fsp3) is 0.500. The smallest absolute Gasteiger partial charge is 0.238 e. The van der Waals surface area contributed by atoms with Crippen LogP contribution in [0.15, 0.2) is 41.8 Å². The molecule has 168 valence electrons. The molecule has 1 aliphatic rings. The minimum atomic E-state index is -0.00179. The second-order valence-corrected chi connectivity index (χ2v) is 9.31. The number of hydrogen-bond acceptors (Lipinski definition) is 5. The normalized spacial score (nSPS) is 15.8. The van der Waals surface area contributed by atoms with E-state index in [-0.39, 0.29) is 17.9 Å². The molecule has 0 saturated carbocycles. The highest BCUT2D eigenvalue weighted by Gasteiger charge is 2.24. The van der Waals surface area contributed by atoms with E-state index in [1.165, 1.54) is 4.88 Å². The van der Waals surface area contributed by atoms with Crippen molar-refractivity contribution in [1.82, 2.24) is 15.1 Å². The molecular weight excluding hydrogens is 408 g/mol. The van der Waals surface area contributed by atoms with Gasteiger partial charge in [0.25, 0.3) is 0 Å². The van der Waals surface area contributed by atoms with E-state index in [1.54, 1.807) is 11.3 Å². The minimum absolute atomic E-state index is 0.00179. The largest absolute Gasteiger partial charge is 0.339 e. The second-order valence-electron chi connectivity index (χ2n) is 8.33. The zero-order chi connectivity index (χ0) is 22.2. The molecule has 1 aromatic heterocycles. The van der Waals surface area contributed by atoms with Crippen molar-refractivity contribution in [3.63, 3.8) is 0 Å². The van der Waals surface area contributed by atoms with Crippen molar-refractivity contribution >= 4 is 28.8 Å². The van der Waals surface area contributed by atoms with Crippen molar-refractivity contribution in [3.8, 4) is 0 Å². The quantitative estimate of drug-likeness (QED) is 0.625. The Morgan fingerprint density at radius 3 is 2.45 bits per heavy atom. The van der Waals surface area contributed by atoms with E-state index in [1.807, 2.05) is 29.2 Å². The van der Waals surface area contributed by atoms with E-state index >= 15 is 0 Å². The third-order valence-corrected chi connectivity index (χ3v) is 6.71. The highest BCUT2D eigenvalue weighted by molar-refractivity contribution is 7.10. The number of amides is 2. The van der Waals surface area contributed by atoms with Crippen molar-refractivity contribution < 1.29 is 9.59 Å². The fourth-order valence-corrected chi connectivity index (χ4v) is 4.91. The van der Waals surface area contributed by atoms with Gasteiger partial charge in [0.05, 0.1) is 13.1 Å². The molecule has 1 aromatic carbocycles. The number of aryl methyl sites for hydroxylation is 1. The molecule has 2 aromatic rings. The molecule has 1 unspecified atom stereocenters. The van der Waals surface area contributed by atoms with Gasteiger partial charge >= 0.3 is 0 Å². The molecule has 31 heavy (non-hydrogen) atoms. The van der Waals surface area contributed by atoms with Crippen LogP contribution in [0.2, 0.25) is 0 Å². The molecule has 2 N–H and O–H groups in total. The summed E-state index contributed by atoms with van der Waals surface area (Å²) in [6.45, 7) is 9.87. The van der Waals surface area contributed by atoms with Gasteiger partial charge in [-0.05, 0) is 35.4 Å². The van der Waals surface area contributed by atoms with Crippen LogP contribution in [0, 0.1) is 5.92 Å². The number of rotatable bonds is 9. The van der Waals surface area contributed by atoms with Gasteiger partial charge in [0, 0.05) is 42.8 Å². The van der Waals surface area contributed by atoms with Crippen molar-refractivity contribution in [1.29, 1.82) is 0 Å². The summed E-state index contributed by atoms with van der Waals surface area (Å²) in [4.78, 5) is 30.5. The Bertz CT molecular complexity index is 845. The van der Waals surface area contributed by atoms with E-state index in [0.717, 1.165) is 17.7 Å². The number of para-hydroxylation sites is 1. The highest BCUT2D eigenvalue weighted by Crippen LogP contribution is 2.25.